The van der Waals surface area contributed by atoms with Crippen molar-refractivity contribution in [1.82, 2.24) is 14.0 Å². The average Bonchev–Trinajstić information content (AvgIpc) is 3.50. The molecule has 2 aromatic heterocycles. The minimum absolute atomic E-state index is 0.106. The number of aromatic nitrogens is 3. The van der Waals surface area contributed by atoms with E-state index in [4.69, 9.17) is 4.98 Å². The monoisotopic (exact) mass is 577 g/mol. The summed E-state index contributed by atoms with van der Waals surface area (Å²) in [4.78, 5) is 18.5. The minimum Gasteiger partial charge on any atom is -0.296 e. The van der Waals surface area contributed by atoms with Crippen LogP contribution in [-0.2, 0) is 7.05 Å². The Kier molecular flexibility index (Phi) is 5.53. The van der Waals surface area contributed by atoms with Gasteiger partial charge in [-0.1, -0.05) is 91.0 Å². The molecule has 0 aliphatic heterocycles. The predicted octanol–water partition coefficient (Wildman–Crippen LogP) is 9.65. The molecule has 0 spiro atoms. The predicted molar refractivity (Wildman–Crippen MR) is 187 cm³/mol. The number of benzene rings is 7. The van der Waals surface area contributed by atoms with E-state index >= 15 is 0 Å². The zero-order chi connectivity index (χ0) is 30.1. The molecule has 45 heavy (non-hydrogen) atoms. The molecule has 9 aromatic rings. The first-order chi connectivity index (χ1) is 22.1. The highest BCUT2D eigenvalue weighted by molar-refractivity contribution is 5.99. The maximum absolute atomic E-state index is 13.6. The molecule has 0 aliphatic carbocycles. The summed E-state index contributed by atoms with van der Waals surface area (Å²) in [6.07, 6.45) is 0. The number of hydrogen-bond acceptors (Lipinski definition) is 2. The van der Waals surface area contributed by atoms with Gasteiger partial charge in [-0.2, -0.15) is 0 Å². The molecule has 7 aromatic carbocycles. The van der Waals surface area contributed by atoms with E-state index in [0.29, 0.717) is 5.65 Å². The molecule has 4 heteroatoms. The van der Waals surface area contributed by atoms with Crippen LogP contribution in [0.2, 0.25) is 0 Å². The number of hydrogen-bond donors (Lipinski definition) is 0. The highest BCUT2D eigenvalue weighted by Gasteiger charge is 2.15. The van der Waals surface area contributed by atoms with E-state index in [0.717, 1.165) is 55.3 Å². The van der Waals surface area contributed by atoms with E-state index in [2.05, 4.69) is 121 Å². The SMILES string of the molecule is Cn1c(=O)n2c3ccccc3nc2c2ccc(-c3cc(-c4ccc5ccccc5c4)cc(-c4ccc5ccccc5c4)c3)cc21. The van der Waals surface area contributed by atoms with Gasteiger partial charge in [0.25, 0.3) is 0 Å². The van der Waals surface area contributed by atoms with Crippen molar-refractivity contribution in [1.29, 1.82) is 0 Å². The first-order valence-electron chi connectivity index (χ1n) is 15.1. The molecule has 4 nitrogen and oxygen atoms in total. The summed E-state index contributed by atoms with van der Waals surface area (Å²) in [7, 11) is 1.84. The minimum atomic E-state index is -0.106. The van der Waals surface area contributed by atoms with Crippen molar-refractivity contribution in [3.63, 3.8) is 0 Å². The summed E-state index contributed by atoms with van der Waals surface area (Å²) >= 11 is 0. The Morgan fingerprint density at radius 1 is 0.467 bits per heavy atom. The van der Waals surface area contributed by atoms with Crippen LogP contribution in [0.3, 0.4) is 0 Å². The van der Waals surface area contributed by atoms with Gasteiger partial charge in [0.15, 0.2) is 5.65 Å². The van der Waals surface area contributed by atoms with Crippen molar-refractivity contribution < 1.29 is 0 Å². The summed E-state index contributed by atoms with van der Waals surface area (Å²) in [6, 6.07) is 51.3. The number of imidazole rings is 1. The zero-order valence-corrected chi connectivity index (χ0v) is 24.6. The third-order valence-corrected chi connectivity index (χ3v) is 9.07. The molecule has 0 saturated carbocycles. The Hall–Kier alpha value is -6.00. The van der Waals surface area contributed by atoms with Crippen LogP contribution >= 0.6 is 0 Å². The number of fused-ring (bicyclic) bond motifs is 7. The third-order valence-electron chi connectivity index (χ3n) is 9.07. The number of rotatable bonds is 3. The van der Waals surface area contributed by atoms with Gasteiger partial charge in [0.2, 0.25) is 0 Å². The van der Waals surface area contributed by atoms with E-state index in [1.807, 2.05) is 31.3 Å². The van der Waals surface area contributed by atoms with Gasteiger partial charge in [0, 0.05) is 12.4 Å². The van der Waals surface area contributed by atoms with Gasteiger partial charge in [-0.15, -0.1) is 0 Å². The van der Waals surface area contributed by atoms with Crippen LogP contribution in [0.4, 0.5) is 0 Å². The standard InChI is InChI=1S/C41H27N3O/c1-43-39-25-32(18-19-36(39)40-42-37-12-6-7-13-38(37)44(40)41(43)45)35-23-33(30-16-14-26-8-2-4-10-28(26)20-30)22-34(24-35)31-17-15-27-9-3-5-11-29(27)21-31/h2-25H,1H3. The van der Waals surface area contributed by atoms with Crippen LogP contribution < -0.4 is 5.69 Å². The summed E-state index contributed by atoms with van der Waals surface area (Å²) in [5, 5.41) is 5.81. The van der Waals surface area contributed by atoms with E-state index in [1.54, 1.807) is 8.97 Å². The van der Waals surface area contributed by atoms with Gasteiger partial charge < -0.3 is 0 Å². The molecule has 0 saturated heterocycles. The lowest BCUT2D eigenvalue weighted by atomic mass is 9.91. The van der Waals surface area contributed by atoms with Gasteiger partial charge >= 0.3 is 5.69 Å². The molecular weight excluding hydrogens is 550 g/mol. The van der Waals surface area contributed by atoms with Crippen molar-refractivity contribution in [3.8, 4) is 33.4 Å². The summed E-state index contributed by atoms with van der Waals surface area (Å²) in [5.74, 6) is 0. The second-order valence-electron chi connectivity index (χ2n) is 11.8. The molecule has 2 heterocycles. The Bertz CT molecular complexity index is 2600. The fraction of sp³-hybridized carbons (Fsp3) is 0.0244. The molecule has 0 fully saturated rings. The van der Waals surface area contributed by atoms with E-state index in [-0.39, 0.29) is 5.69 Å². The second kappa shape index (κ2) is 9.76. The van der Waals surface area contributed by atoms with Crippen molar-refractivity contribution in [2.24, 2.45) is 7.05 Å². The van der Waals surface area contributed by atoms with Crippen molar-refractivity contribution >= 4 is 49.1 Å². The Morgan fingerprint density at radius 3 is 1.60 bits per heavy atom. The van der Waals surface area contributed by atoms with Crippen molar-refractivity contribution in [3.05, 3.63) is 156 Å². The number of nitrogens with zero attached hydrogens (tertiary/aromatic N) is 3. The van der Waals surface area contributed by atoms with E-state index < -0.39 is 0 Å². The summed E-state index contributed by atoms with van der Waals surface area (Å²) < 4.78 is 3.45. The van der Waals surface area contributed by atoms with Crippen LogP contribution in [0.5, 0.6) is 0 Å². The van der Waals surface area contributed by atoms with Gasteiger partial charge in [-0.3, -0.25) is 4.57 Å². The van der Waals surface area contributed by atoms with Crippen LogP contribution in [0.15, 0.2) is 150 Å². The highest BCUT2D eigenvalue weighted by atomic mass is 16.1. The molecule has 0 amide bonds. The Balaban J connectivity index is 1.28. The maximum Gasteiger partial charge on any atom is 0.334 e. The molecule has 9 rings (SSSR count). The smallest absolute Gasteiger partial charge is 0.296 e. The summed E-state index contributed by atoms with van der Waals surface area (Å²) in [5.41, 5.74) is 9.81. The van der Waals surface area contributed by atoms with Gasteiger partial charge in [0.1, 0.15) is 0 Å². The number of para-hydroxylation sites is 2. The molecule has 212 valence electrons. The van der Waals surface area contributed by atoms with E-state index in [9.17, 15) is 4.79 Å². The first-order valence-corrected chi connectivity index (χ1v) is 15.1. The molecular formula is C41H27N3O. The summed E-state index contributed by atoms with van der Waals surface area (Å²) in [6.45, 7) is 0. The van der Waals surface area contributed by atoms with Crippen LogP contribution in [0.25, 0.3) is 82.5 Å². The highest BCUT2D eigenvalue weighted by Crippen LogP contribution is 2.36. The third kappa shape index (κ3) is 4.07. The Labute approximate surface area is 259 Å². The molecule has 0 radical (unpaired) electrons. The molecule has 0 bridgehead atoms. The van der Waals surface area contributed by atoms with Gasteiger partial charge in [-0.25, -0.2) is 14.2 Å². The van der Waals surface area contributed by atoms with Crippen molar-refractivity contribution in [2.75, 3.05) is 0 Å². The molecule has 0 aliphatic rings. The first kappa shape index (κ1) is 25.5. The van der Waals surface area contributed by atoms with Crippen LogP contribution in [-0.4, -0.2) is 14.0 Å². The largest absolute Gasteiger partial charge is 0.334 e. The maximum atomic E-state index is 13.6. The molecule has 0 N–H and O–H groups in total. The fourth-order valence-electron chi connectivity index (χ4n) is 6.70. The normalized spacial score (nSPS) is 11.8. The molecule has 0 unspecified atom stereocenters. The molecule has 0 atom stereocenters. The Morgan fingerprint density at radius 2 is 0.978 bits per heavy atom. The average molecular weight is 578 g/mol. The lowest BCUT2D eigenvalue weighted by Crippen LogP contribution is -2.24. The zero-order valence-electron chi connectivity index (χ0n) is 24.6. The van der Waals surface area contributed by atoms with Gasteiger partial charge in [0.05, 0.1) is 16.6 Å². The van der Waals surface area contributed by atoms with Crippen LogP contribution in [0, 0.1) is 0 Å². The fourth-order valence-corrected chi connectivity index (χ4v) is 6.70. The lowest BCUT2D eigenvalue weighted by Gasteiger charge is -2.14. The quantitative estimate of drug-likeness (QED) is 0.210. The second-order valence-corrected chi connectivity index (χ2v) is 11.8. The van der Waals surface area contributed by atoms with Crippen LogP contribution in [0.1, 0.15) is 0 Å². The van der Waals surface area contributed by atoms with E-state index in [1.165, 1.54) is 21.5 Å². The number of aryl methyl sites for hydroxylation is 1. The topological polar surface area (TPSA) is 39.3 Å². The van der Waals surface area contributed by atoms with Gasteiger partial charge in [-0.05, 0) is 110 Å². The van der Waals surface area contributed by atoms with Crippen molar-refractivity contribution in [2.45, 2.75) is 0 Å². The lowest BCUT2D eigenvalue weighted by molar-refractivity contribution is 0.836.